The van der Waals surface area contributed by atoms with E-state index in [4.69, 9.17) is 23.8 Å². The number of pyridine rings is 1. The normalized spacial score (nSPS) is 16.7. The number of anilines is 1. The van der Waals surface area contributed by atoms with E-state index in [1.54, 1.807) is 12.3 Å². The number of hydrogen-bond acceptors (Lipinski definition) is 2. The van der Waals surface area contributed by atoms with Crippen molar-refractivity contribution in [2.45, 2.75) is 44.6 Å². The third-order valence-corrected chi connectivity index (χ3v) is 4.17. The van der Waals surface area contributed by atoms with E-state index in [9.17, 15) is 0 Å². The first-order valence-electron chi connectivity index (χ1n) is 6.54. The molecule has 1 aromatic rings. The Morgan fingerprint density at radius 2 is 2.00 bits per heavy atom. The lowest BCUT2D eigenvalue weighted by molar-refractivity contribution is 0.535. The molecular weight excluding hydrogens is 346 g/mol. The van der Waals surface area contributed by atoms with Gasteiger partial charge in [0.15, 0.2) is 10.9 Å². The molecule has 0 amide bonds. The molecule has 1 saturated carbocycles. The molecule has 3 nitrogen and oxygen atoms in total. The fourth-order valence-corrected chi connectivity index (χ4v) is 3.20. The molecule has 1 fully saturated rings. The lowest BCUT2D eigenvalue weighted by atomic mass is 10.1. The quantitative estimate of drug-likeness (QED) is 0.599. The van der Waals surface area contributed by atoms with Crippen LogP contribution in [0.1, 0.15) is 38.5 Å². The Balaban J connectivity index is 1.89. The average Bonchev–Trinajstić information content (AvgIpc) is 2.61. The molecule has 1 aromatic heterocycles. The molecule has 0 aromatic carbocycles. The van der Waals surface area contributed by atoms with Gasteiger partial charge < -0.3 is 10.6 Å². The van der Waals surface area contributed by atoms with Crippen molar-refractivity contribution in [1.29, 1.82) is 0 Å². The molecule has 0 bridgehead atoms. The zero-order valence-corrected chi connectivity index (χ0v) is 13.7. The maximum atomic E-state index is 6.10. The van der Waals surface area contributed by atoms with E-state index in [0.29, 0.717) is 22.0 Å². The molecule has 0 radical (unpaired) electrons. The highest BCUT2D eigenvalue weighted by atomic mass is 79.9. The second-order valence-corrected chi connectivity index (χ2v) is 6.50. The topological polar surface area (TPSA) is 37.0 Å². The van der Waals surface area contributed by atoms with Gasteiger partial charge in [-0.1, -0.05) is 37.3 Å². The molecular formula is C13H17BrClN3S. The van der Waals surface area contributed by atoms with Crippen molar-refractivity contribution in [3.05, 3.63) is 21.8 Å². The van der Waals surface area contributed by atoms with Crippen LogP contribution in [0.5, 0.6) is 0 Å². The summed E-state index contributed by atoms with van der Waals surface area (Å²) in [5.74, 6) is 0.594. The molecule has 104 valence electrons. The lowest BCUT2D eigenvalue weighted by Gasteiger charge is -2.19. The average molecular weight is 363 g/mol. The van der Waals surface area contributed by atoms with Crippen molar-refractivity contribution in [2.24, 2.45) is 0 Å². The maximum absolute atomic E-state index is 6.10. The first kappa shape index (κ1) is 15.0. The summed E-state index contributed by atoms with van der Waals surface area (Å²) < 4.78 is 0.852. The lowest BCUT2D eigenvalue weighted by Crippen LogP contribution is -2.37. The van der Waals surface area contributed by atoms with Crippen LogP contribution in [0.2, 0.25) is 5.02 Å². The number of aromatic nitrogens is 1. The Morgan fingerprint density at radius 1 is 1.32 bits per heavy atom. The van der Waals surface area contributed by atoms with E-state index in [-0.39, 0.29) is 0 Å². The molecule has 1 heterocycles. The predicted molar refractivity (Wildman–Crippen MR) is 87.8 cm³/mol. The number of thiocarbonyl (C=S) groups is 1. The van der Waals surface area contributed by atoms with E-state index in [1.165, 1.54) is 38.5 Å². The highest BCUT2D eigenvalue weighted by Crippen LogP contribution is 2.23. The molecule has 0 atom stereocenters. The Morgan fingerprint density at radius 3 is 2.63 bits per heavy atom. The fourth-order valence-electron chi connectivity index (χ4n) is 2.26. The second-order valence-electron chi connectivity index (χ2n) is 4.77. The largest absolute Gasteiger partial charge is 0.360 e. The van der Waals surface area contributed by atoms with Crippen molar-refractivity contribution in [2.75, 3.05) is 5.32 Å². The molecule has 1 aliphatic rings. The van der Waals surface area contributed by atoms with Crippen LogP contribution in [0.15, 0.2) is 16.7 Å². The third kappa shape index (κ3) is 4.89. The molecule has 0 saturated heterocycles. The number of rotatable bonds is 2. The molecule has 2 N–H and O–H groups in total. The number of hydrogen-bond donors (Lipinski definition) is 2. The summed E-state index contributed by atoms with van der Waals surface area (Å²) in [7, 11) is 0. The summed E-state index contributed by atoms with van der Waals surface area (Å²) in [6.07, 6.45) is 9.28. The highest BCUT2D eigenvalue weighted by Gasteiger charge is 2.13. The minimum atomic E-state index is 0.469. The van der Waals surface area contributed by atoms with E-state index in [1.807, 2.05) is 0 Å². The van der Waals surface area contributed by atoms with Crippen molar-refractivity contribution in [1.82, 2.24) is 10.3 Å². The monoisotopic (exact) mass is 361 g/mol. The minimum absolute atomic E-state index is 0.469. The van der Waals surface area contributed by atoms with Gasteiger partial charge >= 0.3 is 0 Å². The molecule has 0 unspecified atom stereocenters. The van der Waals surface area contributed by atoms with Crippen LogP contribution in [-0.4, -0.2) is 16.1 Å². The van der Waals surface area contributed by atoms with Gasteiger partial charge in [0.05, 0.1) is 5.02 Å². The summed E-state index contributed by atoms with van der Waals surface area (Å²) in [4.78, 5) is 4.21. The molecule has 0 aliphatic heterocycles. The smallest absolute Gasteiger partial charge is 0.172 e. The molecule has 0 spiro atoms. The minimum Gasteiger partial charge on any atom is -0.360 e. The zero-order valence-electron chi connectivity index (χ0n) is 10.6. The van der Waals surface area contributed by atoms with Gasteiger partial charge in [0.25, 0.3) is 0 Å². The van der Waals surface area contributed by atoms with E-state index in [0.717, 1.165) is 4.47 Å². The van der Waals surface area contributed by atoms with E-state index in [2.05, 4.69) is 31.5 Å². The Labute approximate surface area is 132 Å². The Kier molecular flexibility index (Phi) is 5.85. The van der Waals surface area contributed by atoms with Gasteiger partial charge in [0.1, 0.15) is 0 Å². The molecule has 2 rings (SSSR count). The summed E-state index contributed by atoms with van der Waals surface area (Å²) in [6.45, 7) is 0. The number of halogens is 2. The van der Waals surface area contributed by atoms with E-state index >= 15 is 0 Å². The van der Waals surface area contributed by atoms with Gasteiger partial charge in [-0.25, -0.2) is 4.98 Å². The summed E-state index contributed by atoms with van der Waals surface area (Å²) >= 11 is 14.7. The molecule has 19 heavy (non-hydrogen) atoms. The van der Waals surface area contributed by atoms with Gasteiger partial charge in [0.2, 0.25) is 0 Å². The van der Waals surface area contributed by atoms with Crippen molar-refractivity contribution < 1.29 is 0 Å². The van der Waals surface area contributed by atoms with Crippen LogP contribution in [0.4, 0.5) is 5.82 Å². The first-order chi connectivity index (χ1) is 9.15. The second kappa shape index (κ2) is 7.41. The van der Waals surface area contributed by atoms with Gasteiger partial charge in [-0.15, -0.1) is 0 Å². The van der Waals surface area contributed by atoms with E-state index < -0.39 is 0 Å². The molecule has 1 aliphatic carbocycles. The van der Waals surface area contributed by atoms with Crippen molar-refractivity contribution in [3.8, 4) is 0 Å². The van der Waals surface area contributed by atoms with Crippen LogP contribution in [-0.2, 0) is 0 Å². The van der Waals surface area contributed by atoms with Crippen LogP contribution < -0.4 is 10.6 Å². The summed E-state index contributed by atoms with van der Waals surface area (Å²) in [6, 6.07) is 2.27. The predicted octanol–water partition coefficient (Wildman–Crippen LogP) is 4.51. The number of nitrogens with zero attached hydrogens (tertiary/aromatic N) is 1. The van der Waals surface area contributed by atoms with Crippen molar-refractivity contribution >= 4 is 50.7 Å². The van der Waals surface area contributed by atoms with Gasteiger partial charge in [0, 0.05) is 16.7 Å². The highest BCUT2D eigenvalue weighted by molar-refractivity contribution is 9.10. The first-order valence-corrected chi connectivity index (χ1v) is 8.11. The van der Waals surface area contributed by atoms with Gasteiger partial charge in [-0.3, -0.25) is 0 Å². The Bertz CT molecular complexity index is 448. The zero-order chi connectivity index (χ0) is 13.7. The summed E-state index contributed by atoms with van der Waals surface area (Å²) in [5, 5.41) is 7.58. The summed E-state index contributed by atoms with van der Waals surface area (Å²) in [5.41, 5.74) is 0. The molecule has 6 heteroatoms. The third-order valence-electron chi connectivity index (χ3n) is 3.23. The van der Waals surface area contributed by atoms with Crippen LogP contribution in [0.25, 0.3) is 0 Å². The van der Waals surface area contributed by atoms with Crippen LogP contribution in [0, 0.1) is 0 Å². The Hall–Kier alpha value is -0.390. The van der Waals surface area contributed by atoms with Crippen molar-refractivity contribution in [3.63, 3.8) is 0 Å². The number of nitrogens with one attached hydrogen (secondary N) is 2. The SMILES string of the molecule is S=C(Nc1ncc(Br)cc1Cl)NC1CCCCCC1. The van der Waals surface area contributed by atoms with Gasteiger partial charge in [-0.2, -0.15) is 0 Å². The fraction of sp³-hybridized carbons (Fsp3) is 0.538. The van der Waals surface area contributed by atoms with Gasteiger partial charge in [-0.05, 0) is 47.1 Å². The maximum Gasteiger partial charge on any atom is 0.172 e. The standard InChI is InChI=1S/C13H17BrClN3S/c14-9-7-11(15)12(16-8-9)18-13(19)17-10-5-3-1-2-4-6-10/h7-8,10H,1-6H2,(H2,16,17,18,19). The van der Waals surface area contributed by atoms with Crippen LogP contribution in [0.3, 0.4) is 0 Å². The van der Waals surface area contributed by atoms with Crippen LogP contribution >= 0.6 is 39.7 Å².